The molecule has 0 atom stereocenters. The molecular formula is C11H9BrFN3O2. The lowest BCUT2D eigenvalue weighted by Crippen LogP contribution is -2.01. The normalized spacial score (nSPS) is 10.6. The zero-order valence-electron chi connectivity index (χ0n) is 9.18. The molecule has 0 radical (unpaired) electrons. The Kier molecular flexibility index (Phi) is 3.71. The van der Waals surface area contributed by atoms with Crippen LogP contribution in [0.5, 0.6) is 0 Å². The summed E-state index contributed by atoms with van der Waals surface area (Å²) in [6.07, 6.45) is 1.36. The second kappa shape index (κ2) is 5.26. The van der Waals surface area contributed by atoms with Gasteiger partial charge in [0, 0.05) is 10.7 Å². The molecule has 1 aromatic carbocycles. The van der Waals surface area contributed by atoms with Crippen LogP contribution >= 0.6 is 15.9 Å². The number of rotatable bonds is 4. The van der Waals surface area contributed by atoms with E-state index in [2.05, 4.69) is 26.2 Å². The Morgan fingerprint density at radius 2 is 2.22 bits per heavy atom. The fourth-order valence-electron chi connectivity index (χ4n) is 1.54. The number of carbonyl (C=O) groups is 1. The topological polar surface area (TPSA) is 68.0 Å². The monoisotopic (exact) mass is 313 g/mol. The van der Waals surface area contributed by atoms with Crippen molar-refractivity contribution in [2.24, 2.45) is 0 Å². The highest BCUT2D eigenvalue weighted by molar-refractivity contribution is 9.10. The van der Waals surface area contributed by atoms with Crippen molar-refractivity contribution in [3.8, 4) is 0 Å². The molecule has 2 rings (SSSR count). The van der Waals surface area contributed by atoms with Gasteiger partial charge in [-0.3, -0.25) is 4.79 Å². The van der Waals surface area contributed by atoms with Gasteiger partial charge < -0.3 is 5.11 Å². The summed E-state index contributed by atoms with van der Waals surface area (Å²) in [5, 5.41) is 16.1. The highest BCUT2D eigenvalue weighted by Crippen LogP contribution is 2.15. The Morgan fingerprint density at radius 1 is 1.44 bits per heavy atom. The highest BCUT2D eigenvalue weighted by Gasteiger charge is 2.06. The summed E-state index contributed by atoms with van der Waals surface area (Å²) < 4.78 is 15.3. The number of hydrogen-bond acceptors (Lipinski definition) is 3. The van der Waals surface area contributed by atoms with Crippen molar-refractivity contribution in [1.29, 1.82) is 0 Å². The third-order valence-corrected chi connectivity index (χ3v) is 2.64. The van der Waals surface area contributed by atoms with Crippen molar-refractivity contribution in [3.05, 3.63) is 45.9 Å². The molecular weight excluding hydrogens is 305 g/mol. The molecule has 0 amide bonds. The van der Waals surface area contributed by atoms with Crippen molar-refractivity contribution in [2.45, 2.75) is 13.0 Å². The summed E-state index contributed by atoms with van der Waals surface area (Å²) in [4.78, 5) is 10.5. The standard InChI is InChI=1S/C11H9BrFN3O2/c12-8-1-7(2-9(13)3-8)5-16-6-10(14-15-16)4-11(17)18/h1-3,6H,4-5H2,(H,17,18). The number of halogens is 2. The van der Waals surface area contributed by atoms with Crippen molar-refractivity contribution in [3.63, 3.8) is 0 Å². The lowest BCUT2D eigenvalue weighted by atomic mass is 10.2. The number of hydrogen-bond donors (Lipinski definition) is 1. The summed E-state index contributed by atoms with van der Waals surface area (Å²) >= 11 is 3.20. The first kappa shape index (κ1) is 12.7. The van der Waals surface area contributed by atoms with Gasteiger partial charge in [-0.15, -0.1) is 5.10 Å². The number of aromatic nitrogens is 3. The molecule has 1 aromatic heterocycles. The molecule has 0 saturated heterocycles. The lowest BCUT2D eigenvalue weighted by Gasteiger charge is -2.02. The quantitative estimate of drug-likeness (QED) is 0.935. The first-order valence-corrected chi connectivity index (χ1v) is 5.88. The van der Waals surface area contributed by atoms with E-state index in [1.54, 1.807) is 6.07 Å². The first-order chi connectivity index (χ1) is 8.52. The van der Waals surface area contributed by atoms with Gasteiger partial charge in [0.2, 0.25) is 0 Å². The van der Waals surface area contributed by atoms with Crippen LogP contribution < -0.4 is 0 Å². The van der Waals surface area contributed by atoms with E-state index in [1.807, 2.05) is 0 Å². The van der Waals surface area contributed by atoms with Crippen LogP contribution in [-0.2, 0) is 17.8 Å². The van der Waals surface area contributed by atoms with Gasteiger partial charge in [0.25, 0.3) is 0 Å². The second-order valence-electron chi connectivity index (χ2n) is 3.76. The summed E-state index contributed by atoms with van der Waals surface area (Å²) in [6.45, 7) is 0.336. The molecule has 5 nitrogen and oxygen atoms in total. The molecule has 1 heterocycles. The SMILES string of the molecule is O=C(O)Cc1cn(Cc2cc(F)cc(Br)c2)nn1. The number of nitrogens with zero attached hydrogens (tertiary/aromatic N) is 3. The summed E-state index contributed by atoms with van der Waals surface area (Å²) in [6, 6.07) is 4.52. The molecule has 94 valence electrons. The van der Waals surface area contributed by atoms with Crippen LogP contribution in [0.3, 0.4) is 0 Å². The minimum Gasteiger partial charge on any atom is -0.481 e. The minimum absolute atomic E-state index is 0.174. The minimum atomic E-state index is -0.962. The zero-order chi connectivity index (χ0) is 13.1. The van der Waals surface area contributed by atoms with Gasteiger partial charge in [0.05, 0.1) is 18.7 Å². The maximum absolute atomic E-state index is 13.2. The van der Waals surface area contributed by atoms with Gasteiger partial charge in [0.1, 0.15) is 5.82 Å². The molecule has 0 bridgehead atoms. The van der Waals surface area contributed by atoms with E-state index < -0.39 is 5.97 Å². The maximum Gasteiger partial charge on any atom is 0.309 e. The number of benzene rings is 1. The Hall–Kier alpha value is -1.76. The van der Waals surface area contributed by atoms with Crippen LogP contribution in [0, 0.1) is 5.82 Å². The van der Waals surface area contributed by atoms with Crippen LogP contribution in [0.1, 0.15) is 11.3 Å². The fraction of sp³-hybridized carbons (Fsp3) is 0.182. The van der Waals surface area contributed by atoms with E-state index in [0.29, 0.717) is 22.3 Å². The van der Waals surface area contributed by atoms with Crippen molar-refractivity contribution in [2.75, 3.05) is 0 Å². The van der Waals surface area contributed by atoms with E-state index >= 15 is 0 Å². The van der Waals surface area contributed by atoms with Gasteiger partial charge in [-0.1, -0.05) is 21.1 Å². The van der Waals surface area contributed by atoms with Crippen molar-refractivity contribution in [1.82, 2.24) is 15.0 Å². The van der Waals surface area contributed by atoms with Gasteiger partial charge in [-0.05, 0) is 23.8 Å². The predicted molar refractivity (Wildman–Crippen MR) is 64.6 cm³/mol. The van der Waals surface area contributed by atoms with E-state index in [1.165, 1.54) is 23.0 Å². The lowest BCUT2D eigenvalue weighted by molar-refractivity contribution is -0.136. The van der Waals surface area contributed by atoms with Crippen LogP contribution in [0.4, 0.5) is 4.39 Å². The average Bonchev–Trinajstić information content (AvgIpc) is 2.62. The van der Waals surface area contributed by atoms with Crippen LogP contribution in [0.25, 0.3) is 0 Å². The van der Waals surface area contributed by atoms with E-state index in [0.717, 1.165) is 0 Å². The maximum atomic E-state index is 13.2. The molecule has 0 spiro atoms. The Bertz CT molecular complexity index is 565. The Labute approximate surface area is 110 Å². The molecule has 0 aliphatic heterocycles. The van der Waals surface area contributed by atoms with Gasteiger partial charge in [0.15, 0.2) is 0 Å². The summed E-state index contributed by atoms with van der Waals surface area (Å²) in [7, 11) is 0. The molecule has 7 heteroatoms. The third kappa shape index (κ3) is 3.36. The molecule has 1 N–H and O–H groups in total. The Morgan fingerprint density at radius 3 is 2.89 bits per heavy atom. The van der Waals surface area contributed by atoms with E-state index in [-0.39, 0.29) is 12.2 Å². The van der Waals surface area contributed by atoms with Gasteiger partial charge >= 0.3 is 5.97 Å². The highest BCUT2D eigenvalue weighted by atomic mass is 79.9. The van der Waals surface area contributed by atoms with Crippen LogP contribution in [0.2, 0.25) is 0 Å². The van der Waals surface area contributed by atoms with Crippen LogP contribution in [-0.4, -0.2) is 26.1 Å². The Balaban J connectivity index is 2.13. The smallest absolute Gasteiger partial charge is 0.309 e. The first-order valence-electron chi connectivity index (χ1n) is 5.09. The molecule has 18 heavy (non-hydrogen) atoms. The molecule has 2 aromatic rings. The fourth-order valence-corrected chi connectivity index (χ4v) is 2.05. The van der Waals surface area contributed by atoms with Gasteiger partial charge in [-0.25, -0.2) is 9.07 Å². The number of aliphatic carboxylic acids is 1. The van der Waals surface area contributed by atoms with E-state index in [9.17, 15) is 9.18 Å². The third-order valence-electron chi connectivity index (χ3n) is 2.19. The van der Waals surface area contributed by atoms with E-state index in [4.69, 9.17) is 5.11 Å². The summed E-state index contributed by atoms with van der Waals surface area (Å²) in [5.74, 6) is -1.30. The number of carboxylic acid groups (broad SMARTS) is 1. The molecule has 0 aliphatic carbocycles. The second-order valence-corrected chi connectivity index (χ2v) is 4.67. The van der Waals surface area contributed by atoms with Crippen LogP contribution in [0.15, 0.2) is 28.9 Å². The van der Waals surface area contributed by atoms with Crippen molar-refractivity contribution >= 4 is 21.9 Å². The van der Waals surface area contributed by atoms with Crippen molar-refractivity contribution < 1.29 is 14.3 Å². The predicted octanol–water partition coefficient (Wildman–Crippen LogP) is 1.86. The zero-order valence-corrected chi connectivity index (χ0v) is 10.8. The summed E-state index contributed by atoms with van der Waals surface area (Å²) in [5.41, 5.74) is 1.09. The molecule has 0 saturated carbocycles. The van der Waals surface area contributed by atoms with Gasteiger partial charge in [-0.2, -0.15) is 0 Å². The molecule has 0 fully saturated rings. The average molecular weight is 314 g/mol. The number of carboxylic acids is 1. The molecule has 0 unspecified atom stereocenters. The molecule has 0 aliphatic rings. The largest absolute Gasteiger partial charge is 0.481 e.